The third-order valence-corrected chi connectivity index (χ3v) is 9.40. The van der Waals surface area contributed by atoms with Crippen LogP contribution in [0.3, 0.4) is 0 Å². The summed E-state index contributed by atoms with van der Waals surface area (Å²) in [6.07, 6.45) is 8.41. The first-order valence-corrected chi connectivity index (χ1v) is 19.3. The zero-order chi connectivity index (χ0) is 35.1. The Morgan fingerprint density at radius 3 is 1.45 bits per heavy atom. The van der Waals surface area contributed by atoms with Crippen LogP contribution in [-0.2, 0) is 32.7 Å². The zero-order valence-electron chi connectivity index (χ0n) is 28.6. The van der Waals surface area contributed by atoms with Crippen molar-refractivity contribution in [2.75, 3.05) is 13.2 Å². The summed E-state index contributed by atoms with van der Waals surface area (Å²) in [6, 6.07) is 0. The van der Waals surface area contributed by atoms with Crippen molar-refractivity contribution >= 4 is 19.8 Å². The van der Waals surface area contributed by atoms with Crippen LogP contribution in [0.15, 0.2) is 0 Å². The molecule has 0 aliphatic heterocycles. The van der Waals surface area contributed by atoms with Crippen molar-refractivity contribution in [2.45, 2.75) is 185 Å². The van der Waals surface area contributed by atoms with Gasteiger partial charge in [0.25, 0.3) is 0 Å². The van der Waals surface area contributed by atoms with E-state index in [0.717, 1.165) is 19.3 Å². The predicted molar refractivity (Wildman–Crippen MR) is 175 cm³/mol. The van der Waals surface area contributed by atoms with Gasteiger partial charge in [0.2, 0.25) is 0 Å². The van der Waals surface area contributed by atoms with Crippen molar-refractivity contribution < 1.29 is 63.1 Å². The van der Waals surface area contributed by atoms with Gasteiger partial charge in [-0.25, -0.2) is 4.57 Å². The van der Waals surface area contributed by atoms with Crippen LogP contribution in [0.25, 0.3) is 0 Å². The molecule has 1 fully saturated rings. The summed E-state index contributed by atoms with van der Waals surface area (Å²) in [6.45, 7) is 2.83. The van der Waals surface area contributed by atoms with Gasteiger partial charge in [-0.1, -0.05) is 117 Å². The topological polar surface area (TPSA) is 210 Å². The van der Waals surface area contributed by atoms with Gasteiger partial charge in [-0.3, -0.25) is 18.6 Å². The molecule has 0 aromatic carbocycles. The van der Waals surface area contributed by atoms with Gasteiger partial charge in [0.15, 0.2) is 6.10 Å². The fraction of sp³-hybridized carbons (Fsp3) is 0.939. The third-order valence-electron chi connectivity index (χ3n) is 8.42. The summed E-state index contributed by atoms with van der Waals surface area (Å²) in [5.41, 5.74) is 0. The monoisotopic (exact) mass is 698 g/mol. The number of carbonyl (C=O) groups is 2. The Labute approximate surface area is 281 Å². The molecular weight excluding hydrogens is 635 g/mol. The lowest BCUT2D eigenvalue weighted by Gasteiger charge is -2.41. The van der Waals surface area contributed by atoms with E-state index in [1.54, 1.807) is 6.92 Å². The standard InChI is InChI=1S/C33H63O13P/c1-3-5-6-7-8-9-10-11-12-13-14-15-16-17-18-19-20-22-26(34)43-23-25(45-27(35)21-4-2)24-44-47(41,42)46-33-31(39)29(37)28(36)30(38)32(33)40/h25,28-33,36-40H,3-24H2,1-2H3,(H,41,42)/t25-,28?,29-,30?,31?,32?,33?/m1/s1. The third kappa shape index (κ3) is 19.6. The van der Waals surface area contributed by atoms with Crippen LogP contribution in [0.5, 0.6) is 0 Å². The second-order valence-electron chi connectivity index (χ2n) is 12.7. The first-order valence-electron chi connectivity index (χ1n) is 17.8. The minimum Gasteiger partial charge on any atom is -0.462 e. The smallest absolute Gasteiger partial charge is 0.462 e. The van der Waals surface area contributed by atoms with Crippen molar-refractivity contribution in [3.8, 4) is 0 Å². The van der Waals surface area contributed by atoms with E-state index in [0.29, 0.717) is 12.8 Å². The fourth-order valence-electron chi connectivity index (χ4n) is 5.50. The van der Waals surface area contributed by atoms with Crippen LogP contribution in [-0.4, -0.2) is 98.3 Å². The Bertz CT molecular complexity index is 859. The fourth-order valence-corrected chi connectivity index (χ4v) is 6.47. The number of unbranched alkanes of at least 4 members (excludes halogenated alkanes) is 16. The second kappa shape index (κ2) is 25.8. The Balaban J connectivity index is 2.27. The maximum atomic E-state index is 12.5. The van der Waals surface area contributed by atoms with E-state index in [1.165, 1.54) is 83.5 Å². The molecule has 6 unspecified atom stereocenters. The number of rotatable bonds is 28. The molecule has 0 bridgehead atoms. The quantitative estimate of drug-likeness (QED) is 0.0375. The molecule has 1 rings (SSSR count). The molecule has 0 aromatic rings. The van der Waals surface area contributed by atoms with Crippen LogP contribution >= 0.6 is 7.82 Å². The van der Waals surface area contributed by atoms with E-state index in [2.05, 4.69) is 6.92 Å². The van der Waals surface area contributed by atoms with Crippen molar-refractivity contribution in [1.82, 2.24) is 0 Å². The average Bonchev–Trinajstić information content (AvgIpc) is 3.04. The molecule has 0 heterocycles. The molecule has 0 aromatic heterocycles. The highest BCUT2D eigenvalue weighted by atomic mass is 31.2. The number of aliphatic hydroxyl groups excluding tert-OH is 5. The van der Waals surface area contributed by atoms with Crippen LogP contribution in [0, 0.1) is 0 Å². The van der Waals surface area contributed by atoms with Crippen LogP contribution in [0.1, 0.15) is 142 Å². The summed E-state index contributed by atoms with van der Waals surface area (Å²) in [5.74, 6) is -1.15. The van der Waals surface area contributed by atoms with Gasteiger partial charge in [0, 0.05) is 12.8 Å². The summed E-state index contributed by atoms with van der Waals surface area (Å²) in [5, 5.41) is 49.4. The van der Waals surface area contributed by atoms with E-state index >= 15 is 0 Å². The minimum atomic E-state index is -5.07. The highest BCUT2D eigenvalue weighted by Gasteiger charge is 2.51. The molecule has 6 N–H and O–H groups in total. The second-order valence-corrected chi connectivity index (χ2v) is 14.1. The number of hydrogen-bond donors (Lipinski definition) is 6. The van der Waals surface area contributed by atoms with Gasteiger partial charge >= 0.3 is 19.8 Å². The maximum absolute atomic E-state index is 12.5. The highest BCUT2D eigenvalue weighted by molar-refractivity contribution is 7.47. The molecule has 47 heavy (non-hydrogen) atoms. The molecule has 0 spiro atoms. The highest BCUT2D eigenvalue weighted by Crippen LogP contribution is 2.47. The molecule has 14 heteroatoms. The van der Waals surface area contributed by atoms with Gasteiger partial charge in [-0.05, 0) is 12.8 Å². The molecular formula is C33H63O13P. The molecule has 278 valence electrons. The van der Waals surface area contributed by atoms with Gasteiger partial charge in [-0.15, -0.1) is 0 Å². The summed E-state index contributed by atoms with van der Waals surface area (Å²) < 4.78 is 32.6. The van der Waals surface area contributed by atoms with Crippen molar-refractivity contribution in [1.29, 1.82) is 0 Å². The van der Waals surface area contributed by atoms with Gasteiger partial charge < -0.3 is 39.9 Å². The lowest BCUT2D eigenvalue weighted by atomic mass is 9.85. The van der Waals surface area contributed by atoms with E-state index in [-0.39, 0.29) is 12.8 Å². The number of ether oxygens (including phenoxy) is 2. The van der Waals surface area contributed by atoms with Crippen molar-refractivity contribution in [2.24, 2.45) is 0 Å². The van der Waals surface area contributed by atoms with Crippen molar-refractivity contribution in [3.63, 3.8) is 0 Å². The molecule has 1 aliphatic carbocycles. The lowest BCUT2D eigenvalue weighted by Crippen LogP contribution is -2.64. The number of esters is 2. The number of carbonyl (C=O) groups excluding carboxylic acids is 2. The van der Waals surface area contributed by atoms with Gasteiger partial charge in [0.05, 0.1) is 6.61 Å². The van der Waals surface area contributed by atoms with Gasteiger partial charge in [-0.2, -0.15) is 0 Å². The summed E-state index contributed by atoms with van der Waals surface area (Å²) >= 11 is 0. The SMILES string of the molecule is CCCCCCCCCCCCCCCCCCCC(=O)OC[C@H](COP(=O)(O)OC1C(O)C(O)C(O)[C@@H](O)C1O)OC(=O)CCC. The normalized spacial score (nSPS) is 24.9. The first kappa shape index (κ1) is 43.9. The van der Waals surface area contributed by atoms with Crippen molar-refractivity contribution in [3.05, 3.63) is 0 Å². The maximum Gasteiger partial charge on any atom is 0.472 e. The number of hydrogen-bond acceptors (Lipinski definition) is 12. The van der Waals surface area contributed by atoms with Crippen LogP contribution < -0.4 is 0 Å². The first-order chi connectivity index (χ1) is 22.4. The Kier molecular flexibility index (Phi) is 24.1. The van der Waals surface area contributed by atoms with Crippen LogP contribution in [0.2, 0.25) is 0 Å². The average molecular weight is 699 g/mol. The Morgan fingerprint density at radius 1 is 0.574 bits per heavy atom. The lowest BCUT2D eigenvalue weighted by molar-refractivity contribution is -0.220. The van der Waals surface area contributed by atoms with E-state index < -0.39 is 75.7 Å². The number of phosphoric acid groups is 1. The molecule has 8 atom stereocenters. The number of aliphatic hydroxyl groups is 5. The van der Waals surface area contributed by atoms with Gasteiger partial charge in [0.1, 0.15) is 43.2 Å². The molecule has 13 nitrogen and oxygen atoms in total. The molecule has 1 aliphatic rings. The summed E-state index contributed by atoms with van der Waals surface area (Å²) in [7, 11) is -5.07. The van der Waals surface area contributed by atoms with E-state index in [1.807, 2.05) is 0 Å². The Morgan fingerprint density at radius 2 is 1.00 bits per heavy atom. The Hall–Kier alpha value is -1.15. The molecule has 1 saturated carbocycles. The van der Waals surface area contributed by atoms with E-state index in [4.69, 9.17) is 18.5 Å². The minimum absolute atomic E-state index is 0.0511. The zero-order valence-corrected chi connectivity index (χ0v) is 29.5. The van der Waals surface area contributed by atoms with E-state index in [9.17, 15) is 44.6 Å². The predicted octanol–water partition coefficient (Wildman–Crippen LogP) is 4.60. The summed E-state index contributed by atoms with van der Waals surface area (Å²) in [4.78, 5) is 34.5. The number of phosphoric ester groups is 1. The molecule has 0 saturated heterocycles. The molecule has 0 radical (unpaired) electrons. The molecule has 0 amide bonds. The van der Waals surface area contributed by atoms with Crippen LogP contribution in [0.4, 0.5) is 0 Å². The largest absolute Gasteiger partial charge is 0.472 e.